The van der Waals surface area contributed by atoms with Crippen LogP contribution in [0.1, 0.15) is 46.5 Å². The quantitative estimate of drug-likeness (QED) is 0.675. The molecule has 17 heavy (non-hydrogen) atoms. The van der Waals surface area contributed by atoms with Gasteiger partial charge in [-0.2, -0.15) is 0 Å². The second-order valence-electron chi connectivity index (χ2n) is 5.95. The molecule has 2 aliphatic rings. The van der Waals surface area contributed by atoms with E-state index in [1.54, 1.807) is 20.8 Å². The fourth-order valence-electron chi connectivity index (χ4n) is 2.48. The monoisotopic (exact) mass is 240 g/mol. The zero-order valence-electron chi connectivity index (χ0n) is 10.5. The molecule has 0 aromatic carbocycles. The van der Waals surface area contributed by atoms with Crippen molar-refractivity contribution in [2.75, 3.05) is 0 Å². The highest BCUT2D eigenvalue weighted by molar-refractivity contribution is 5.81. The Kier molecular flexibility index (Phi) is 2.60. The van der Waals surface area contributed by atoms with Gasteiger partial charge in [0.25, 0.3) is 0 Å². The van der Waals surface area contributed by atoms with Crippen LogP contribution in [0.5, 0.6) is 0 Å². The van der Waals surface area contributed by atoms with Crippen LogP contribution < -0.4 is 5.11 Å². The van der Waals surface area contributed by atoms with Crippen LogP contribution in [0.4, 0.5) is 4.79 Å². The molecular formula is C12H18NO4-. The first-order valence-electron chi connectivity index (χ1n) is 5.98. The zero-order valence-corrected chi connectivity index (χ0v) is 10.5. The Morgan fingerprint density at radius 3 is 2.29 bits per heavy atom. The van der Waals surface area contributed by atoms with Crippen molar-refractivity contribution < 1.29 is 19.4 Å². The van der Waals surface area contributed by atoms with Crippen molar-refractivity contribution in [3.8, 4) is 0 Å². The highest BCUT2D eigenvalue weighted by atomic mass is 16.6. The van der Waals surface area contributed by atoms with E-state index < -0.39 is 23.7 Å². The van der Waals surface area contributed by atoms with Gasteiger partial charge < -0.3 is 14.6 Å². The molecule has 1 spiro atoms. The second kappa shape index (κ2) is 3.62. The largest absolute Gasteiger partial charge is 0.548 e. The Bertz CT molecular complexity index is 354. The lowest BCUT2D eigenvalue weighted by Gasteiger charge is -2.33. The molecule has 96 valence electrons. The molecule has 1 aliphatic carbocycles. The summed E-state index contributed by atoms with van der Waals surface area (Å²) in [6.07, 6.45) is 2.43. The van der Waals surface area contributed by atoms with E-state index in [9.17, 15) is 14.7 Å². The predicted octanol–water partition coefficient (Wildman–Crippen LogP) is 0.668. The molecule has 1 aliphatic heterocycles. The molecule has 1 saturated carbocycles. The smallest absolute Gasteiger partial charge is 0.411 e. The topological polar surface area (TPSA) is 69.7 Å². The van der Waals surface area contributed by atoms with E-state index in [1.807, 2.05) is 0 Å². The predicted molar refractivity (Wildman–Crippen MR) is 58.1 cm³/mol. The number of aliphatic carboxylic acids is 1. The van der Waals surface area contributed by atoms with Gasteiger partial charge in [-0.25, -0.2) is 4.79 Å². The van der Waals surface area contributed by atoms with Crippen molar-refractivity contribution in [3.05, 3.63) is 0 Å². The molecule has 1 atom stereocenters. The number of carboxylic acids is 1. The number of nitrogens with zero attached hydrogens (tertiary/aromatic N) is 1. The molecule has 1 amide bonds. The standard InChI is InChI=1S/C12H19NO4/c1-11(2,3)17-10(16)13-8(9(14)15)4-5-12(13)6-7-12/h8H,4-7H2,1-3H3,(H,14,15)/p-1. The highest BCUT2D eigenvalue weighted by Gasteiger charge is 2.57. The van der Waals surface area contributed by atoms with E-state index in [1.165, 1.54) is 4.90 Å². The Balaban J connectivity index is 2.15. The van der Waals surface area contributed by atoms with Gasteiger partial charge in [-0.05, 0) is 46.5 Å². The number of amides is 1. The van der Waals surface area contributed by atoms with E-state index in [-0.39, 0.29) is 5.54 Å². The molecule has 0 aromatic rings. The third-order valence-corrected chi connectivity index (χ3v) is 3.40. The lowest BCUT2D eigenvalue weighted by Crippen LogP contribution is -2.52. The number of hydrogen-bond acceptors (Lipinski definition) is 4. The van der Waals surface area contributed by atoms with E-state index in [0.29, 0.717) is 6.42 Å². The van der Waals surface area contributed by atoms with Crippen LogP contribution in [0.3, 0.4) is 0 Å². The van der Waals surface area contributed by atoms with Gasteiger partial charge in [0.05, 0.1) is 12.0 Å². The Morgan fingerprint density at radius 1 is 1.29 bits per heavy atom. The van der Waals surface area contributed by atoms with Crippen LogP contribution in [0.25, 0.3) is 0 Å². The number of rotatable bonds is 1. The maximum atomic E-state index is 12.0. The number of carboxylic acid groups (broad SMARTS) is 1. The number of likely N-dealkylation sites (tertiary alicyclic amines) is 1. The molecule has 0 bridgehead atoms. The van der Waals surface area contributed by atoms with Crippen LogP contribution >= 0.6 is 0 Å². The molecular weight excluding hydrogens is 222 g/mol. The Hall–Kier alpha value is -1.26. The summed E-state index contributed by atoms with van der Waals surface area (Å²) in [5, 5.41) is 11.0. The van der Waals surface area contributed by atoms with Crippen molar-refractivity contribution in [3.63, 3.8) is 0 Å². The average molecular weight is 240 g/mol. The van der Waals surface area contributed by atoms with Gasteiger partial charge in [-0.3, -0.25) is 4.90 Å². The Morgan fingerprint density at radius 2 is 1.88 bits per heavy atom. The van der Waals surface area contributed by atoms with E-state index in [2.05, 4.69) is 0 Å². The summed E-state index contributed by atoms with van der Waals surface area (Å²) in [7, 11) is 0. The van der Waals surface area contributed by atoms with Gasteiger partial charge >= 0.3 is 6.09 Å². The van der Waals surface area contributed by atoms with Gasteiger partial charge in [0.1, 0.15) is 5.60 Å². The normalized spacial score (nSPS) is 26.1. The molecule has 2 rings (SSSR count). The van der Waals surface area contributed by atoms with Crippen molar-refractivity contribution in [2.24, 2.45) is 0 Å². The van der Waals surface area contributed by atoms with Crippen molar-refractivity contribution >= 4 is 12.1 Å². The highest BCUT2D eigenvalue weighted by Crippen LogP contribution is 2.52. The summed E-state index contributed by atoms with van der Waals surface area (Å²) in [5.41, 5.74) is -0.862. The second-order valence-corrected chi connectivity index (χ2v) is 5.95. The summed E-state index contributed by atoms with van der Waals surface area (Å²) in [4.78, 5) is 24.5. The molecule has 0 N–H and O–H groups in total. The summed E-state index contributed by atoms with van der Waals surface area (Å²) in [6.45, 7) is 5.32. The number of ether oxygens (including phenoxy) is 1. The maximum absolute atomic E-state index is 12.0. The lowest BCUT2D eigenvalue weighted by atomic mass is 10.2. The van der Waals surface area contributed by atoms with Crippen molar-refractivity contribution in [1.82, 2.24) is 4.90 Å². The first-order valence-corrected chi connectivity index (χ1v) is 5.98. The van der Waals surface area contributed by atoms with Gasteiger partial charge in [0, 0.05) is 5.54 Å². The van der Waals surface area contributed by atoms with Gasteiger partial charge in [-0.1, -0.05) is 0 Å². The molecule has 5 heteroatoms. The molecule has 0 aromatic heterocycles. The van der Waals surface area contributed by atoms with Crippen LogP contribution in [-0.2, 0) is 9.53 Å². The first kappa shape index (κ1) is 12.2. The Labute approximate surface area is 101 Å². The summed E-state index contributed by atoms with van der Waals surface area (Å²) in [6, 6.07) is -0.827. The SMILES string of the molecule is CC(C)(C)OC(=O)N1C(C(=O)[O-])CCC12CC2. The van der Waals surface area contributed by atoms with Crippen LogP contribution in [0, 0.1) is 0 Å². The summed E-state index contributed by atoms with van der Waals surface area (Å²) in [5.74, 6) is -1.18. The van der Waals surface area contributed by atoms with E-state index in [4.69, 9.17) is 4.74 Å². The fraction of sp³-hybridized carbons (Fsp3) is 0.833. The van der Waals surface area contributed by atoms with E-state index >= 15 is 0 Å². The minimum absolute atomic E-state index is 0.257. The van der Waals surface area contributed by atoms with Gasteiger partial charge in [-0.15, -0.1) is 0 Å². The van der Waals surface area contributed by atoms with Crippen molar-refractivity contribution in [1.29, 1.82) is 0 Å². The third kappa shape index (κ3) is 2.23. The van der Waals surface area contributed by atoms with E-state index in [0.717, 1.165) is 19.3 Å². The van der Waals surface area contributed by atoms with Gasteiger partial charge in [0.15, 0.2) is 0 Å². The number of carbonyl (C=O) groups is 2. The third-order valence-electron chi connectivity index (χ3n) is 3.40. The average Bonchev–Trinajstić information content (AvgIpc) is 2.74. The molecule has 1 heterocycles. The number of carbonyl (C=O) groups excluding carboxylic acids is 2. The van der Waals surface area contributed by atoms with Crippen LogP contribution in [0.2, 0.25) is 0 Å². The minimum atomic E-state index is -1.18. The fourth-order valence-corrected chi connectivity index (χ4v) is 2.48. The minimum Gasteiger partial charge on any atom is -0.548 e. The first-order chi connectivity index (χ1) is 7.75. The maximum Gasteiger partial charge on any atom is 0.411 e. The summed E-state index contributed by atoms with van der Waals surface area (Å²) < 4.78 is 5.27. The van der Waals surface area contributed by atoms with Crippen LogP contribution in [0.15, 0.2) is 0 Å². The molecule has 5 nitrogen and oxygen atoms in total. The molecule has 0 radical (unpaired) electrons. The lowest BCUT2D eigenvalue weighted by molar-refractivity contribution is -0.310. The van der Waals surface area contributed by atoms with Gasteiger partial charge in [0.2, 0.25) is 0 Å². The molecule has 1 unspecified atom stereocenters. The zero-order chi connectivity index (χ0) is 12.8. The number of hydrogen-bond donors (Lipinski definition) is 0. The molecule has 1 saturated heterocycles. The van der Waals surface area contributed by atoms with Crippen molar-refractivity contribution in [2.45, 2.75) is 63.6 Å². The molecule has 2 fully saturated rings. The van der Waals surface area contributed by atoms with Crippen LogP contribution in [-0.4, -0.2) is 34.1 Å². The summed E-state index contributed by atoms with van der Waals surface area (Å²) >= 11 is 0.